The Morgan fingerprint density at radius 3 is 2.75 bits per heavy atom. The number of fused-ring (bicyclic) bond motifs is 1. The van der Waals surface area contributed by atoms with Crippen molar-refractivity contribution in [1.82, 2.24) is 24.6 Å². The van der Waals surface area contributed by atoms with Crippen molar-refractivity contribution in [1.29, 1.82) is 0 Å². The smallest absolute Gasteiger partial charge is 0.424 e. The summed E-state index contributed by atoms with van der Waals surface area (Å²) in [5, 5.41) is 7.92. The zero-order valence-electron chi connectivity index (χ0n) is 13.7. The molecule has 0 amide bonds. The molecular formula is C15H20F3N5O. The molecule has 1 unspecified atom stereocenters. The fourth-order valence-corrected chi connectivity index (χ4v) is 3.03. The van der Waals surface area contributed by atoms with E-state index in [9.17, 15) is 13.2 Å². The van der Waals surface area contributed by atoms with Gasteiger partial charge in [-0.1, -0.05) is 6.92 Å². The van der Waals surface area contributed by atoms with Gasteiger partial charge in [0.15, 0.2) is 5.69 Å². The Balaban J connectivity index is 1.58. The zero-order valence-corrected chi connectivity index (χ0v) is 13.7. The molecule has 132 valence electrons. The summed E-state index contributed by atoms with van der Waals surface area (Å²) in [6, 6.07) is 0. The molecule has 0 saturated heterocycles. The molecular weight excluding hydrogens is 323 g/mol. The van der Waals surface area contributed by atoms with Crippen LogP contribution in [-0.2, 0) is 32.1 Å². The Bertz CT molecular complexity index is 694. The minimum absolute atomic E-state index is 0.270. The van der Waals surface area contributed by atoms with Crippen LogP contribution in [0.4, 0.5) is 13.2 Å². The first-order valence-electron chi connectivity index (χ1n) is 7.98. The van der Waals surface area contributed by atoms with E-state index in [1.165, 1.54) is 0 Å². The molecule has 0 N–H and O–H groups in total. The predicted molar refractivity (Wildman–Crippen MR) is 79.1 cm³/mol. The lowest BCUT2D eigenvalue weighted by molar-refractivity contribution is -0.141. The predicted octanol–water partition coefficient (Wildman–Crippen LogP) is 2.54. The van der Waals surface area contributed by atoms with Crippen molar-refractivity contribution < 1.29 is 17.6 Å². The van der Waals surface area contributed by atoms with Crippen LogP contribution in [0.5, 0.6) is 0 Å². The first-order valence-corrected chi connectivity index (χ1v) is 7.98. The average molecular weight is 343 g/mol. The standard InChI is InChI=1S/C15H20F3N5O/c1-3-13-20-21-14(24-13)9-22(2)6-10-4-5-12-19-11(15(16,17)18)8-23(12)7-10/h8,10H,3-7,9H2,1-2H3. The molecule has 0 radical (unpaired) electrons. The van der Waals surface area contributed by atoms with Crippen molar-refractivity contribution in [2.24, 2.45) is 5.92 Å². The van der Waals surface area contributed by atoms with E-state index in [0.29, 0.717) is 43.5 Å². The Morgan fingerprint density at radius 1 is 1.33 bits per heavy atom. The number of rotatable bonds is 5. The van der Waals surface area contributed by atoms with Crippen LogP contribution >= 0.6 is 0 Å². The average Bonchev–Trinajstić information content (AvgIpc) is 3.12. The van der Waals surface area contributed by atoms with Crippen molar-refractivity contribution in [3.05, 3.63) is 29.5 Å². The zero-order chi connectivity index (χ0) is 17.3. The number of halogens is 3. The van der Waals surface area contributed by atoms with Gasteiger partial charge in [-0.3, -0.25) is 4.90 Å². The number of imidazole rings is 1. The highest BCUT2D eigenvalue weighted by Crippen LogP contribution is 2.30. The van der Waals surface area contributed by atoms with E-state index in [1.807, 2.05) is 14.0 Å². The van der Waals surface area contributed by atoms with Crippen LogP contribution in [0, 0.1) is 5.92 Å². The molecule has 3 heterocycles. The lowest BCUT2D eigenvalue weighted by atomic mass is 9.99. The normalized spacial score (nSPS) is 18.2. The van der Waals surface area contributed by atoms with Crippen LogP contribution in [0.25, 0.3) is 0 Å². The van der Waals surface area contributed by atoms with Crippen molar-refractivity contribution in [2.45, 2.75) is 45.5 Å². The Kier molecular flexibility index (Phi) is 4.62. The number of hydrogen-bond acceptors (Lipinski definition) is 5. The van der Waals surface area contributed by atoms with E-state index < -0.39 is 11.9 Å². The molecule has 3 rings (SSSR count). The van der Waals surface area contributed by atoms with Gasteiger partial charge >= 0.3 is 6.18 Å². The first-order chi connectivity index (χ1) is 11.3. The molecule has 0 bridgehead atoms. The summed E-state index contributed by atoms with van der Waals surface area (Å²) >= 11 is 0. The Labute approximate surface area is 137 Å². The van der Waals surface area contributed by atoms with Gasteiger partial charge in [-0.15, -0.1) is 10.2 Å². The summed E-state index contributed by atoms with van der Waals surface area (Å²) < 4.78 is 45.4. The lowest BCUT2D eigenvalue weighted by Crippen LogP contribution is -2.31. The van der Waals surface area contributed by atoms with Crippen molar-refractivity contribution in [2.75, 3.05) is 13.6 Å². The third-order valence-corrected chi connectivity index (χ3v) is 4.17. The molecule has 0 fully saturated rings. The summed E-state index contributed by atoms with van der Waals surface area (Å²) in [4.78, 5) is 5.77. The molecule has 0 aliphatic carbocycles. The van der Waals surface area contributed by atoms with E-state index in [1.54, 1.807) is 4.57 Å². The van der Waals surface area contributed by atoms with E-state index in [-0.39, 0.29) is 5.92 Å². The van der Waals surface area contributed by atoms with Gasteiger partial charge in [0.05, 0.1) is 6.54 Å². The van der Waals surface area contributed by atoms with E-state index in [0.717, 1.165) is 19.2 Å². The molecule has 2 aromatic heterocycles. The molecule has 0 aromatic carbocycles. The van der Waals surface area contributed by atoms with Gasteiger partial charge in [0, 0.05) is 32.1 Å². The van der Waals surface area contributed by atoms with Gasteiger partial charge in [0.25, 0.3) is 0 Å². The molecule has 0 saturated carbocycles. The highest BCUT2D eigenvalue weighted by Gasteiger charge is 2.35. The SMILES string of the molecule is CCc1nnc(CN(C)CC2CCc3nc(C(F)(F)F)cn3C2)o1. The molecule has 9 heteroatoms. The largest absolute Gasteiger partial charge is 0.434 e. The summed E-state index contributed by atoms with van der Waals surface area (Å²) in [5.41, 5.74) is -0.801. The lowest BCUT2D eigenvalue weighted by Gasteiger charge is -2.27. The van der Waals surface area contributed by atoms with Crippen LogP contribution in [0.1, 0.15) is 36.6 Å². The van der Waals surface area contributed by atoms with Gasteiger partial charge in [-0.2, -0.15) is 13.2 Å². The molecule has 24 heavy (non-hydrogen) atoms. The number of hydrogen-bond donors (Lipinski definition) is 0. The topological polar surface area (TPSA) is 60.0 Å². The minimum atomic E-state index is -4.38. The van der Waals surface area contributed by atoms with Crippen LogP contribution < -0.4 is 0 Å². The van der Waals surface area contributed by atoms with E-state index in [2.05, 4.69) is 20.1 Å². The third kappa shape index (κ3) is 3.77. The summed E-state index contributed by atoms with van der Waals surface area (Å²) in [6.07, 6.45) is -1.18. The second-order valence-corrected chi connectivity index (χ2v) is 6.24. The second-order valence-electron chi connectivity index (χ2n) is 6.24. The number of nitrogens with zero attached hydrogens (tertiary/aromatic N) is 5. The van der Waals surface area contributed by atoms with Crippen LogP contribution in [0.15, 0.2) is 10.6 Å². The molecule has 6 nitrogen and oxygen atoms in total. The highest BCUT2D eigenvalue weighted by atomic mass is 19.4. The molecule has 1 aliphatic heterocycles. The monoisotopic (exact) mass is 343 g/mol. The molecule has 0 spiro atoms. The van der Waals surface area contributed by atoms with E-state index in [4.69, 9.17) is 4.42 Å². The fraction of sp³-hybridized carbons (Fsp3) is 0.667. The van der Waals surface area contributed by atoms with Crippen molar-refractivity contribution in [3.63, 3.8) is 0 Å². The van der Waals surface area contributed by atoms with Gasteiger partial charge in [-0.05, 0) is 19.4 Å². The van der Waals surface area contributed by atoms with Crippen molar-refractivity contribution in [3.8, 4) is 0 Å². The summed E-state index contributed by atoms with van der Waals surface area (Å²) in [5.74, 6) is 1.96. The van der Waals surface area contributed by atoms with Crippen LogP contribution in [0.2, 0.25) is 0 Å². The highest BCUT2D eigenvalue weighted by molar-refractivity contribution is 5.09. The quantitative estimate of drug-likeness (QED) is 0.835. The minimum Gasteiger partial charge on any atom is -0.424 e. The number of aromatic nitrogens is 4. The summed E-state index contributed by atoms with van der Waals surface area (Å²) in [7, 11) is 1.94. The Morgan fingerprint density at radius 2 is 2.08 bits per heavy atom. The maximum Gasteiger partial charge on any atom is 0.434 e. The van der Waals surface area contributed by atoms with Crippen LogP contribution in [0.3, 0.4) is 0 Å². The molecule has 1 atom stereocenters. The second kappa shape index (κ2) is 6.54. The third-order valence-electron chi connectivity index (χ3n) is 4.17. The van der Waals surface area contributed by atoms with E-state index >= 15 is 0 Å². The molecule has 1 aliphatic rings. The first kappa shape index (κ1) is 16.9. The van der Waals surface area contributed by atoms with Crippen molar-refractivity contribution >= 4 is 0 Å². The van der Waals surface area contributed by atoms with Crippen LogP contribution in [-0.4, -0.2) is 38.2 Å². The maximum atomic E-state index is 12.7. The van der Waals surface area contributed by atoms with Gasteiger partial charge in [-0.25, -0.2) is 4.98 Å². The Hall–Kier alpha value is -1.90. The summed E-state index contributed by atoms with van der Waals surface area (Å²) in [6.45, 7) is 3.78. The van der Waals surface area contributed by atoms with Gasteiger partial charge < -0.3 is 8.98 Å². The molecule has 2 aromatic rings. The van der Waals surface area contributed by atoms with Gasteiger partial charge in [0.2, 0.25) is 11.8 Å². The number of aryl methyl sites for hydroxylation is 2. The maximum absolute atomic E-state index is 12.7. The number of alkyl halides is 3. The fourth-order valence-electron chi connectivity index (χ4n) is 3.03. The van der Waals surface area contributed by atoms with Gasteiger partial charge in [0.1, 0.15) is 5.82 Å².